The fourth-order valence-electron chi connectivity index (χ4n) is 6.43. The van der Waals surface area contributed by atoms with Crippen LogP contribution < -0.4 is 5.32 Å². The van der Waals surface area contributed by atoms with Crippen LogP contribution in [0.5, 0.6) is 0 Å². The molecule has 0 aromatic heterocycles. The highest BCUT2D eigenvalue weighted by molar-refractivity contribution is 5.76. The number of amides is 1. The molecule has 304 valence electrons. The van der Waals surface area contributed by atoms with Crippen LogP contribution in [0.1, 0.15) is 219 Å². The standard InChI is InChI=1S/C46H85NO5/c1-3-5-7-9-11-13-19-24-28-32-36-40-46(51)52-41-37-33-29-25-21-18-16-14-15-17-20-23-27-31-35-39-45(50)47-43(42-48)44(49)38-34-30-26-22-12-10-8-6-4-2/h9,11,14,16,18,21,43-44,48-49H,3-8,10,12-13,15,17,19-20,22-42H2,1-2H3,(H,47,50)/b11-9-,16-14-,21-18-. The maximum absolute atomic E-state index is 12.3. The smallest absolute Gasteiger partial charge is 0.305 e. The van der Waals surface area contributed by atoms with Gasteiger partial charge < -0.3 is 20.3 Å². The first-order valence-corrected chi connectivity index (χ1v) is 22.3. The lowest BCUT2D eigenvalue weighted by Gasteiger charge is -2.22. The van der Waals surface area contributed by atoms with Crippen LogP contribution >= 0.6 is 0 Å². The zero-order valence-corrected chi connectivity index (χ0v) is 34.3. The van der Waals surface area contributed by atoms with Gasteiger partial charge in [-0.25, -0.2) is 0 Å². The normalized spacial score (nSPS) is 13.1. The maximum Gasteiger partial charge on any atom is 0.305 e. The Hall–Kier alpha value is -1.92. The van der Waals surface area contributed by atoms with Crippen molar-refractivity contribution in [2.45, 2.75) is 231 Å². The molecule has 0 rings (SSSR count). The number of hydrogen-bond acceptors (Lipinski definition) is 5. The Bertz CT molecular complexity index is 854. The Morgan fingerprint density at radius 3 is 1.54 bits per heavy atom. The molecule has 0 heterocycles. The molecule has 3 N–H and O–H groups in total. The zero-order valence-electron chi connectivity index (χ0n) is 34.3. The van der Waals surface area contributed by atoms with Crippen molar-refractivity contribution in [2.24, 2.45) is 0 Å². The van der Waals surface area contributed by atoms with Gasteiger partial charge in [-0.05, 0) is 77.0 Å². The van der Waals surface area contributed by atoms with Gasteiger partial charge >= 0.3 is 5.97 Å². The number of nitrogens with one attached hydrogen (secondary N) is 1. The van der Waals surface area contributed by atoms with Crippen LogP contribution in [-0.2, 0) is 14.3 Å². The number of allylic oxidation sites excluding steroid dienone is 6. The number of hydrogen-bond donors (Lipinski definition) is 3. The first-order chi connectivity index (χ1) is 25.5. The van der Waals surface area contributed by atoms with Gasteiger partial charge in [0.25, 0.3) is 0 Å². The molecule has 52 heavy (non-hydrogen) atoms. The van der Waals surface area contributed by atoms with Crippen LogP contribution in [0.3, 0.4) is 0 Å². The molecule has 6 heteroatoms. The summed E-state index contributed by atoms with van der Waals surface area (Å²) >= 11 is 0. The van der Waals surface area contributed by atoms with Gasteiger partial charge in [0.15, 0.2) is 0 Å². The number of carbonyl (C=O) groups is 2. The molecule has 6 nitrogen and oxygen atoms in total. The molecule has 0 saturated carbocycles. The first kappa shape index (κ1) is 50.1. The van der Waals surface area contributed by atoms with Gasteiger partial charge in [0.05, 0.1) is 25.4 Å². The maximum atomic E-state index is 12.3. The Morgan fingerprint density at radius 1 is 0.538 bits per heavy atom. The van der Waals surface area contributed by atoms with Gasteiger partial charge in [-0.2, -0.15) is 0 Å². The Kier molecular flexibility index (Phi) is 40.3. The van der Waals surface area contributed by atoms with E-state index in [2.05, 4.69) is 55.6 Å². The highest BCUT2D eigenvalue weighted by Crippen LogP contribution is 2.14. The average molecular weight is 732 g/mol. The minimum absolute atomic E-state index is 0.0341. The van der Waals surface area contributed by atoms with E-state index in [0.29, 0.717) is 25.9 Å². The number of unbranched alkanes of at least 4 members (excludes halogenated alkanes) is 24. The summed E-state index contributed by atoms with van der Waals surface area (Å²) in [5.41, 5.74) is 0. The summed E-state index contributed by atoms with van der Waals surface area (Å²) in [6.07, 6.45) is 48.2. The second kappa shape index (κ2) is 41.8. The number of carbonyl (C=O) groups excluding carboxylic acids is 2. The SMILES string of the molecule is CCCC/C=C\CCCCCCCC(=O)OCCCCC/C=C\C=C/CCCCCCCCC(=O)NC(CO)C(O)CCCCCCCCCCC. The minimum atomic E-state index is -0.676. The van der Waals surface area contributed by atoms with Crippen molar-refractivity contribution in [3.05, 3.63) is 36.5 Å². The van der Waals surface area contributed by atoms with Gasteiger partial charge in [-0.3, -0.25) is 9.59 Å². The lowest BCUT2D eigenvalue weighted by molar-refractivity contribution is -0.143. The van der Waals surface area contributed by atoms with Crippen LogP contribution in [-0.4, -0.2) is 47.4 Å². The van der Waals surface area contributed by atoms with Crippen LogP contribution in [0.15, 0.2) is 36.5 Å². The van der Waals surface area contributed by atoms with Crippen molar-refractivity contribution < 1.29 is 24.5 Å². The molecule has 0 bridgehead atoms. The summed E-state index contributed by atoms with van der Waals surface area (Å²) in [6, 6.07) is -0.556. The molecule has 0 saturated heterocycles. The van der Waals surface area contributed by atoms with Crippen LogP contribution in [0.4, 0.5) is 0 Å². The molecule has 0 aromatic carbocycles. The van der Waals surface area contributed by atoms with E-state index in [9.17, 15) is 19.8 Å². The molecule has 2 unspecified atom stereocenters. The molecule has 0 spiro atoms. The number of aliphatic hydroxyl groups excluding tert-OH is 2. The topological polar surface area (TPSA) is 95.9 Å². The highest BCUT2D eigenvalue weighted by Gasteiger charge is 2.20. The third-order valence-corrected chi connectivity index (χ3v) is 9.94. The molecule has 0 aliphatic heterocycles. The predicted octanol–water partition coefficient (Wildman–Crippen LogP) is 12.6. The van der Waals surface area contributed by atoms with Gasteiger partial charge in [-0.1, -0.05) is 166 Å². The van der Waals surface area contributed by atoms with Crippen molar-refractivity contribution in [1.82, 2.24) is 5.32 Å². The monoisotopic (exact) mass is 732 g/mol. The molecule has 1 amide bonds. The predicted molar refractivity (Wildman–Crippen MR) is 222 cm³/mol. The summed E-state index contributed by atoms with van der Waals surface area (Å²) in [6.45, 7) is 4.81. The Labute approximate surface area is 322 Å². The number of esters is 1. The summed E-state index contributed by atoms with van der Waals surface area (Å²) in [7, 11) is 0. The fraction of sp³-hybridized carbons (Fsp3) is 0.826. The van der Waals surface area contributed by atoms with Crippen molar-refractivity contribution in [1.29, 1.82) is 0 Å². The molecule has 0 aliphatic rings. The van der Waals surface area contributed by atoms with E-state index >= 15 is 0 Å². The van der Waals surface area contributed by atoms with Gasteiger partial charge in [-0.15, -0.1) is 0 Å². The number of aliphatic hydroxyl groups is 2. The third kappa shape index (κ3) is 37.8. The number of ether oxygens (including phenoxy) is 1. The van der Waals surface area contributed by atoms with E-state index in [1.165, 1.54) is 109 Å². The van der Waals surface area contributed by atoms with E-state index in [4.69, 9.17) is 4.74 Å². The van der Waals surface area contributed by atoms with Gasteiger partial charge in [0, 0.05) is 12.8 Å². The summed E-state index contributed by atoms with van der Waals surface area (Å²) in [4.78, 5) is 24.3. The molecular weight excluding hydrogens is 647 g/mol. The molecule has 0 fully saturated rings. The fourth-order valence-corrected chi connectivity index (χ4v) is 6.43. The Morgan fingerprint density at radius 2 is 0.981 bits per heavy atom. The third-order valence-electron chi connectivity index (χ3n) is 9.94. The molecule has 0 aliphatic carbocycles. The zero-order chi connectivity index (χ0) is 38.0. The summed E-state index contributed by atoms with van der Waals surface area (Å²) < 4.78 is 5.40. The van der Waals surface area contributed by atoms with Gasteiger partial charge in [0.1, 0.15) is 0 Å². The average Bonchev–Trinajstić information content (AvgIpc) is 3.14. The first-order valence-electron chi connectivity index (χ1n) is 22.3. The van der Waals surface area contributed by atoms with E-state index in [0.717, 1.165) is 77.0 Å². The van der Waals surface area contributed by atoms with Crippen molar-refractivity contribution >= 4 is 11.9 Å². The second-order valence-electron chi connectivity index (χ2n) is 15.0. The van der Waals surface area contributed by atoms with Crippen LogP contribution in [0, 0.1) is 0 Å². The summed E-state index contributed by atoms with van der Waals surface area (Å²) in [5, 5.41) is 23.0. The highest BCUT2D eigenvalue weighted by atomic mass is 16.5. The largest absolute Gasteiger partial charge is 0.466 e. The lowest BCUT2D eigenvalue weighted by Crippen LogP contribution is -2.45. The lowest BCUT2D eigenvalue weighted by atomic mass is 10.0. The minimum Gasteiger partial charge on any atom is -0.466 e. The van der Waals surface area contributed by atoms with E-state index < -0.39 is 12.1 Å². The summed E-state index contributed by atoms with van der Waals surface area (Å²) in [5.74, 6) is -0.0964. The van der Waals surface area contributed by atoms with Crippen LogP contribution in [0.2, 0.25) is 0 Å². The van der Waals surface area contributed by atoms with E-state index in [-0.39, 0.29) is 18.5 Å². The van der Waals surface area contributed by atoms with Crippen molar-refractivity contribution in [3.63, 3.8) is 0 Å². The van der Waals surface area contributed by atoms with Crippen LogP contribution in [0.25, 0.3) is 0 Å². The molecule has 0 radical (unpaired) electrons. The van der Waals surface area contributed by atoms with Crippen molar-refractivity contribution in [3.8, 4) is 0 Å². The van der Waals surface area contributed by atoms with E-state index in [1.807, 2.05) is 0 Å². The van der Waals surface area contributed by atoms with Gasteiger partial charge in [0.2, 0.25) is 5.91 Å². The van der Waals surface area contributed by atoms with E-state index in [1.54, 1.807) is 0 Å². The number of rotatable bonds is 40. The van der Waals surface area contributed by atoms with Crippen molar-refractivity contribution in [2.75, 3.05) is 13.2 Å². The molecular formula is C46H85NO5. The molecule has 2 atom stereocenters. The molecule has 0 aromatic rings. The Balaban J connectivity index is 3.54. The quantitative estimate of drug-likeness (QED) is 0.0252. The second-order valence-corrected chi connectivity index (χ2v) is 15.0.